The summed E-state index contributed by atoms with van der Waals surface area (Å²) < 4.78 is 24.8. The van der Waals surface area contributed by atoms with Gasteiger partial charge in [-0.3, -0.25) is 4.79 Å². The minimum atomic E-state index is -1.52. The summed E-state index contributed by atoms with van der Waals surface area (Å²) in [7, 11) is 0. The molecule has 1 aliphatic rings. The minimum absolute atomic E-state index is 0.139. The summed E-state index contributed by atoms with van der Waals surface area (Å²) in [6.45, 7) is 0. The second-order valence-electron chi connectivity index (χ2n) is 3.77. The van der Waals surface area contributed by atoms with Crippen molar-refractivity contribution in [2.75, 3.05) is 0 Å². The Morgan fingerprint density at radius 3 is 2.18 bits per heavy atom. The molecule has 1 aromatic rings. The summed E-state index contributed by atoms with van der Waals surface area (Å²) in [6.07, 6.45) is 0. The van der Waals surface area contributed by atoms with Gasteiger partial charge in [-0.2, -0.15) is 0 Å². The highest BCUT2D eigenvalue weighted by molar-refractivity contribution is 9.10. The van der Waals surface area contributed by atoms with Crippen LogP contribution in [0.1, 0.15) is 11.5 Å². The second-order valence-corrected chi connectivity index (χ2v) is 6.00. The van der Waals surface area contributed by atoms with Crippen molar-refractivity contribution in [3.63, 3.8) is 0 Å². The lowest BCUT2D eigenvalue weighted by Crippen LogP contribution is -2.03. The Kier molecular flexibility index (Phi) is 3.13. The average Bonchev–Trinajstić information content (AvgIpc) is 2.77. The van der Waals surface area contributed by atoms with Gasteiger partial charge in [0.2, 0.25) is 0 Å². The van der Waals surface area contributed by atoms with E-state index in [1.165, 1.54) is 0 Å². The highest BCUT2D eigenvalue weighted by Gasteiger charge is 2.68. The van der Waals surface area contributed by atoms with E-state index in [1.807, 2.05) is 0 Å². The fraction of sp³-hybridized carbons (Fsp3) is 0.300. The number of carbonyl (C=O) groups is 1. The van der Waals surface area contributed by atoms with Crippen molar-refractivity contribution in [2.24, 2.45) is 5.92 Å². The van der Waals surface area contributed by atoms with Gasteiger partial charge in [-0.25, -0.2) is 8.78 Å². The van der Waals surface area contributed by atoms with E-state index < -0.39 is 33.8 Å². The fourth-order valence-electron chi connectivity index (χ4n) is 1.80. The highest BCUT2D eigenvalue weighted by Crippen LogP contribution is 2.65. The Morgan fingerprint density at radius 1 is 1.35 bits per heavy atom. The van der Waals surface area contributed by atoms with Crippen molar-refractivity contribution in [3.05, 3.63) is 33.8 Å². The number of hydrogen-bond donors (Lipinski definition) is 1. The Bertz CT molecular complexity index is 484. The fourth-order valence-corrected chi connectivity index (χ4v) is 2.85. The molecule has 1 saturated carbocycles. The molecule has 7 heteroatoms. The zero-order chi connectivity index (χ0) is 13.0. The maximum Gasteiger partial charge on any atom is 0.310 e. The average molecular weight is 346 g/mol. The van der Waals surface area contributed by atoms with Gasteiger partial charge in [0.05, 0.1) is 10.4 Å². The quantitative estimate of drug-likeness (QED) is 0.655. The van der Waals surface area contributed by atoms with Crippen LogP contribution in [0, 0.1) is 17.6 Å². The molecule has 1 fully saturated rings. The molecule has 1 N–H and O–H groups in total. The molecule has 1 aromatic carbocycles. The Morgan fingerprint density at radius 2 is 1.82 bits per heavy atom. The second kappa shape index (κ2) is 4.07. The van der Waals surface area contributed by atoms with Crippen molar-refractivity contribution >= 4 is 45.1 Å². The molecule has 0 unspecified atom stereocenters. The lowest BCUT2D eigenvalue weighted by atomic mass is 10.1. The van der Waals surface area contributed by atoms with Crippen LogP contribution in [0.5, 0.6) is 0 Å². The van der Waals surface area contributed by atoms with Crippen LogP contribution >= 0.6 is 39.1 Å². The van der Waals surface area contributed by atoms with Gasteiger partial charge in [0.15, 0.2) is 0 Å². The Hall–Kier alpha value is -0.390. The van der Waals surface area contributed by atoms with E-state index in [2.05, 4.69) is 15.9 Å². The van der Waals surface area contributed by atoms with Crippen LogP contribution in [0.2, 0.25) is 0 Å². The van der Waals surface area contributed by atoms with Crippen LogP contribution < -0.4 is 0 Å². The number of alkyl halides is 2. The van der Waals surface area contributed by atoms with Crippen LogP contribution in [0.4, 0.5) is 8.78 Å². The number of hydrogen-bond acceptors (Lipinski definition) is 1. The van der Waals surface area contributed by atoms with Gasteiger partial charge in [0.25, 0.3) is 0 Å². The summed E-state index contributed by atoms with van der Waals surface area (Å²) in [6, 6.07) is 2.06. The van der Waals surface area contributed by atoms with E-state index in [0.29, 0.717) is 0 Å². The SMILES string of the molecule is O=C(O)[C@@H]1[C@@H](c2cc(F)c(Br)c(F)c2)C1(Cl)Cl. The molecule has 0 bridgehead atoms. The summed E-state index contributed by atoms with van der Waals surface area (Å²) in [5.41, 5.74) is 0.139. The van der Waals surface area contributed by atoms with Gasteiger partial charge in [0, 0.05) is 5.92 Å². The van der Waals surface area contributed by atoms with Crippen molar-refractivity contribution in [2.45, 2.75) is 10.3 Å². The third kappa shape index (κ3) is 2.04. The molecule has 2 nitrogen and oxygen atoms in total. The Labute approximate surface area is 114 Å². The zero-order valence-corrected chi connectivity index (χ0v) is 11.2. The first kappa shape index (κ1) is 13.1. The molecule has 92 valence electrons. The molecule has 0 radical (unpaired) electrons. The van der Waals surface area contributed by atoms with E-state index >= 15 is 0 Å². The zero-order valence-electron chi connectivity index (χ0n) is 8.05. The number of aliphatic carboxylic acids is 1. The van der Waals surface area contributed by atoms with Crippen LogP contribution in [-0.2, 0) is 4.79 Å². The number of carboxylic acids is 1. The maximum absolute atomic E-state index is 13.3. The summed E-state index contributed by atoms with van der Waals surface area (Å²) in [4.78, 5) is 10.8. The first-order valence-electron chi connectivity index (χ1n) is 4.52. The van der Waals surface area contributed by atoms with E-state index in [0.717, 1.165) is 12.1 Å². The van der Waals surface area contributed by atoms with Gasteiger partial charge in [-0.15, -0.1) is 0 Å². The van der Waals surface area contributed by atoms with E-state index in [9.17, 15) is 13.6 Å². The van der Waals surface area contributed by atoms with Crippen molar-refractivity contribution < 1.29 is 18.7 Å². The topological polar surface area (TPSA) is 37.3 Å². The predicted molar refractivity (Wildman–Crippen MR) is 62.4 cm³/mol. The maximum atomic E-state index is 13.3. The molecule has 0 aromatic heterocycles. The molecule has 0 spiro atoms. The van der Waals surface area contributed by atoms with Crippen molar-refractivity contribution in [1.82, 2.24) is 0 Å². The van der Waals surface area contributed by atoms with E-state index in [1.54, 1.807) is 0 Å². The summed E-state index contributed by atoms with van der Waals surface area (Å²) >= 11 is 14.3. The lowest BCUT2D eigenvalue weighted by molar-refractivity contribution is -0.138. The largest absolute Gasteiger partial charge is 0.481 e. The predicted octanol–water partition coefficient (Wildman–Crippen LogP) is 3.70. The molecule has 17 heavy (non-hydrogen) atoms. The van der Waals surface area contributed by atoms with Crippen LogP contribution in [0.3, 0.4) is 0 Å². The summed E-state index contributed by atoms with van der Waals surface area (Å²) in [5.74, 6) is -4.68. The smallest absolute Gasteiger partial charge is 0.310 e. The highest BCUT2D eigenvalue weighted by atomic mass is 79.9. The van der Waals surface area contributed by atoms with Gasteiger partial charge >= 0.3 is 5.97 Å². The number of halogens is 5. The molecule has 1 aliphatic carbocycles. The monoisotopic (exact) mass is 344 g/mol. The third-order valence-electron chi connectivity index (χ3n) is 2.68. The van der Waals surface area contributed by atoms with Crippen LogP contribution in [0.15, 0.2) is 16.6 Å². The van der Waals surface area contributed by atoms with Gasteiger partial charge in [-0.1, -0.05) is 23.2 Å². The van der Waals surface area contributed by atoms with Crippen molar-refractivity contribution in [3.8, 4) is 0 Å². The first-order chi connectivity index (χ1) is 7.76. The number of rotatable bonds is 2. The normalized spacial score (nSPS) is 25.7. The van der Waals surface area contributed by atoms with Crippen LogP contribution in [-0.4, -0.2) is 15.4 Å². The lowest BCUT2D eigenvalue weighted by Gasteiger charge is -2.03. The molecule has 0 aliphatic heterocycles. The molecular formula is C10H5BrCl2F2O2. The van der Waals surface area contributed by atoms with Gasteiger partial charge < -0.3 is 5.11 Å². The van der Waals surface area contributed by atoms with E-state index in [-0.39, 0.29) is 10.0 Å². The first-order valence-corrected chi connectivity index (χ1v) is 6.06. The standard InChI is InChI=1S/C10H5BrCl2F2O2/c11-8-4(14)1-3(2-5(8)15)6-7(9(16)17)10(6,12)13/h1-2,6-7H,(H,16,17)/t6-,7+/m1/s1. The van der Waals surface area contributed by atoms with Gasteiger partial charge in [-0.05, 0) is 33.6 Å². The molecule has 0 saturated heterocycles. The molecule has 0 amide bonds. The molecule has 2 rings (SSSR count). The number of carboxylic acid groups (broad SMARTS) is 1. The van der Waals surface area contributed by atoms with Crippen molar-refractivity contribution in [1.29, 1.82) is 0 Å². The van der Waals surface area contributed by atoms with E-state index in [4.69, 9.17) is 28.3 Å². The molecule has 2 atom stereocenters. The molecule has 0 heterocycles. The Balaban J connectivity index is 2.41. The third-order valence-corrected chi connectivity index (χ3v) is 4.38. The molecular weight excluding hydrogens is 341 g/mol. The minimum Gasteiger partial charge on any atom is -0.481 e. The summed E-state index contributed by atoms with van der Waals surface area (Å²) in [5, 5.41) is 8.85. The number of benzene rings is 1. The van der Waals surface area contributed by atoms with Gasteiger partial charge in [0.1, 0.15) is 16.0 Å². The van der Waals surface area contributed by atoms with Crippen LogP contribution in [0.25, 0.3) is 0 Å².